The lowest BCUT2D eigenvalue weighted by Crippen LogP contribution is -2.10. The molecule has 0 N–H and O–H groups in total. The van der Waals surface area contributed by atoms with Gasteiger partial charge in [-0.1, -0.05) is 45.0 Å². The van der Waals surface area contributed by atoms with E-state index in [0.29, 0.717) is 0 Å². The number of carbonyl (C=O) groups is 1. The Labute approximate surface area is 114 Å². The number of ether oxygens (including phenoxy) is 1. The van der Waals surface area contributed by atoms with E-state index in [9.17, 15) is 4.79 Å². The van der Waals surface area contributed by atoms with Gasteiger partial charge in [-0.25, -0.2) is 4.79 Å². The van der Waals surface area contributed by atoms with Gasteiger partial charge < -0.3 is 4.74 Å². The second-order valence-corrected chi connectivity index (χ2v) is 5.26. The maximum atomic E-state index is 11.5. The van der Waals surface area contributed by atoms with Gasteiger partial charge in [0.15, 0.2) is 0 Å². The van der Waals surface area contributed by atoms with Crippen LogP contribution in [0.1, 0.15) is 38.8 Å². The van der Waals surface area contributed by atoms with Crippen LogP contribution in [-0.2, 0) is 14.9 Å². The highest BCUT2D eigenvalue weighted by molar-refractivity contribution is 5.97. The molecule has 0 bridgehead atoms. The summed E-state index contributed by atoms with van der Waals surface area (Å²) >= 11 is 0. The van der Waals surface area contributed by atoms with Gasteiger partial charge in [-0.05, 0) is 29.5 Å². The van der Waals surface area contributed by atoms with E-state index < -0.39 is 5.97 Å². The maximum Gasteiger partial charge on any atom is 0.348 e. The third-order valence-corrected chi connectivity index (χ3v) is 2.70. The molecule has 0 aliphatic carbocycles. The minimum atomic E-state index is -0.579. The summed E-state index contributed by atoms with van der Waals surface area (Å²) in [4.78, 5) is 11.5. The van der Waals surface area contributed by atoms with Gasteiger partial charge in [0.2, 0.25) is 0 Å². The highest BCUT2D eigenvalue weighted by Gasteiger charge is 2.13. The topological polar surface area (TPSA) is 50.1 Å². The number of esters is 1. The van der Waals surface area contributed by atoms with Crippen LogP contribution >= 0.6 is 0 Å². The minimum Gasteiger partial charge on any atom is -0.462 e. The molecule has 0 fully saturated rings. The fourth-order valence-electron chi connectivity index (χ4n) is 1.59. The number of hydrogen-bond acceptors (Lipinski definition) is 3. The molecule has 0 amide bonds. The second-order valence-electron chi connectivity index (χ2n) is 5.26. The van der Waals surface area contributed by atoms with Crippen molar-refractivity contribution in [2.24, 2.45) is 0 Å². The number of nitrogens with zero attached hydrogens (tertiary/aromatic N) is 1. The largest absolute Gasteiger partial charge is 0.462 e. The van der Waals surface area contributed by atoms with Crippen molar-refractivity contribution >= 4 is 12.0 Å². The molecule has 0 unspecified atom stereocenters. The Hall–Kier alpha value is -2.08. The van der Waals surface area contributed by atoms with Gasteiger partial charge in [-0.3, -0.25) is 0 Å². The van der Waals surface area contributed by atoms with E-state index in [4.69, 9.17) is 10.00 Å². The fourth-order valence-corrected chi connectivity index (χ4v) is 1.59. The summed E-state index contributed by atoms with van der Waals surface area (Å²) in [6.45, 7) is 8.39. The average molecular weight is 257 g/mol. The smallest absolute Gasteiger partial charge is 0.348 e. The zero-order chi connectivity index (χ0) is 14.5. The van der Waals surface area contributed by atoms with Gasteiger partial charge in [0.1, 0.15) is 11.6 Å². The molecule has 3 nitrogen and oxygen atoms in total. The number of benzene rings is 1. The lowest BCUT2D eigenvalue weighted by Gasteiger charge is -2.18. The maximum absolute atomic E-state index is 11.5. The lowest BCUT2D eigenvalue weighted by atomic mass is 9.86. The van der Waals surface area contributed by atoms with Crippen LogP contribution in [0.4, 0.5) is 0 Å². The molecule has 0 spiro atoms. The number of carbonyl (C=O) groups excluding carboxylic acids is 1. The van der Waals surface area contributed by atoms with Crippen molar-refractivity contribution in [1.29, 1.82) is 5.26 Å². The Morgan fingerprint density at radius 2 is 1.89 bits per heavy atom. The van der Waals surface area contributed by atoms with E-state index >= 15 is 0 Å². The van der Waals surface area contributed by atoms with Crippen molar-refractivity contribution in [2.75, 3.05) is 6.61 Å². The van der Waals surface area contributed by atoms with Gasteiger partial charge in [-0.15, -0.1) is 0 Å². The highest BCUT2D eigenvalue weighted by atomic mass is 16.5. The van der Waals surface area contributed by atoms with Gasteiger partial charge >= 0.3 is 5.97 Å². The third-order valence-electron chi connectivity index (χ3n) is 2.70. The van der Waals surface area contributed by atoms with Crippen molar-refractivity contribution in [3.63, 3.8) is 0 Å². The molecule has 0 atom stereocenters. The number of hydrogen-bond donors (Lipinski definition) is 0. The molecular formula is C16H19NO2. The molecule has 0 aromatic heterocycles. The average Bonchev–Trinajstić information content (AvgIpc) is 2.35. The van der Waals surface area contributed by atoms with Crippen LogP contribution in [0.25, 0.3) is 6.08 Å². The quantitative estimate of drug-likeness (QED) is 0.473. The van der Waals surface area contributed by atoms with Crippen LogP contribution in [0.3, 0.4) is 0 Å². The molecule has 100 valence electrons. The Morgan fingerprint density at radius 1 is 1.32 bits per heavy atom. The van der Waals surface area contributed by atoms with Gasteiger partial charge in [-0.2, -0.15) is 5.26 Å². The monoisotopic (exact) mass is 257 g/mol. The molecule has 19 heavy (non-hydrogen) atoms. The van der Waals surface area contributed by atoms with Gasteiger partial charge in [0.25, 0.3) is 0 Å². The Morgan fingerprint density at radius 3 is 2.32 bits per heavy atom. The predicted octanol–water partition coefficient (Wildman–Crippen LogP) is 3.45. The Kier molecular flexibility index (Phi) is 4.88. The SMILES string of the molecule is CCOC(=O)/C(C#N)=C/c1ccc(C(C)(C)C)cc1. The Balaban J connectivity index is 2.98. The van der Waals surface area contributed by atoms with E-state index in [1.165, 1.54) is 5.56 Å². The molecule has 0 saturated carbocycles. The lowest BCUT2D eigenvalue weighted by molar-refractivity contribution is -0.137. The normalized spacial score (nSPS) is 11.8. The molecule has 0 radical (unpaired) electrons. The van der Waals surface area contributed by atoms with Crippen molar-refractivity contribution in [3.05, 3.63) is 41.0 Å². The summed E-state index contributed by atoms with van der Waals surface area (Å²) in [7, 11) is 0. The molecule has 3 heteroatoms. The molecule has 0 aliphatic heterocycles. The molecule has 0 heterocycles. The summed E-state index contributed by atoms with van der Waals surface area (Å²) in [5.74, 6) is -0.579. The molecule has 1 rings (SSSR count). The molecular weight excluding hydrogens is 238 g/mol. The van der Waals surface area contributed by atoms with E-state index in [1.54, 1.807) is 13.0 Å². The van der Waals surface area contributed by atoms with Crippen molar-refractivity contribution < 1.29 is 9.53 Å². The second kappa shape index (κ2) is 6.19. The Bertz CT molecular complexity index is 513. The van der Waals surface area contributed by atoms with Crippen LogP contribution in [0, 0.1) is 11.3 Å². The van der Waals surface area contributed by atoms with Crippen LogP contribution in [0.2, 0.25) is 0 Å². The summed E-state index contributed by atoms with van der Waals surface area (Å²) in [6, 6.07) is 9.68. The van der Waals surface area contributed by atoms with E-state index in [-0.39, 0.29) is 17.6 Å². The first-order valence-corrected chi connectivity index (χ1v) is 6.28. The summed E-state index contributed by atoms with van der Waals surface area (Å²) in [6.07, 6.45) is 1.55. The predicted molar refractivity (Wildman–Crippen MR) is 75.4 cm³/mol. The third kappa shape index (κ3) is 4.26. The first-order valence-electron chi connectivity index (χ1n) is 6.28. The van der Waals surface area contributed by atoms with Gasteiger partial charge in [0.05, 0.1) is 6.61 Å². The number of nitriles is 1. The van der Waals surface area contributed by atoms with Crippen molar-refractivity contribution in [3.8, 4) is 6.07 Å². The van der Waals surface area contributed by atoms with E-state index in [2.05, 4.69) is 20.8 Å². The summed E-state index contributed by atoms with van der Waals surface area (Å²) in [5, 5.41) is 8.95. The minimum absolute atomic E-state index is 0.0189. The summed E-state index contributed by atoms with van der Waals surface area (Å²) in [5.41, 5.74) is 2.13. The number of rotatable bonds is 3. The van der Waals surface area contributed by atoms with E-state index in [0.717, 1.165) is 5.56 Å². The fraction of sp³-hybridized carbons (Fsp3) is 0.375. The van der Waals surface area contributed by atoms with Crippen LogP contribution in [0.5, 0.6) is 0 Å². The zero-order valence-electron chi connectivity index (χ0n) is 11.9. The van der Waals surface area contributed by atoms with Crippen LogP contribution < -0.4 is 0 Å². The zero-order valence-corrected chi connectivity index (χ0v) is 11.9. The van der Waals surface area contributed by atoms with Crippen molar-refractivity contribution in [2.45, 2.75) is 33.1 Å². The van der Waals surface area contributed by atoms with Crippen molar-refractivity contribution in [1.82, 2.24) is 0 Å². The van der Waals surface area contributed by atoms with E-state index in [1.807, 2.05) is 30.3 Å². The van der Waals surface area contributed by atoms with Crippen LogP contribution in [0.15, 0.2) is 29.8 Å². The standard InChI is InChI=1S/C16H19NO2/c1-5-19-15(18)13(11-17)10-12-6-8-14(9-7-12)16(2,3)4/h6-10H,5H2,1-4H3/b13-10+. The first-order chi connectivity index (χ1) is 8.88. The molecule has 1 aromatic rings. The van der Waals surface area contributed by atoms with Crippen LogP contribution in [-0.4, -0.2) is 12.6 Å². The van der Waals surface area contributed by atoms with Gasteiger partial charge in [0, 0.05) is 0 Å². The highest BCUT2D eigenvalue weighted by Crippen LogP contribution is 2.22. The molecule has 0 saturated heterocycles. The summed E-state index contributed by atoms with van der Waals surface area (Å²) < 4.78 is 4.82. The molecule has 1 aromatic carbocycles. The first kappa shape index (κ1) is 15.0. The molecule has 0 aliphatic rings.